The van der Waals surface area contributed by atoms with Gasteiger partial charge in [-0.1, -0.05) is 26.0 Å². The molecule has 0 radical (unpaired) electrons. The highest BCUT2D eigenvalue weighted by molar-refractivity contribution is 7.89. The minimum atomic E-state index is -3.65. The van der Waals surface area contributed by atoms with Gasteiger partial charge in [0.15, 0.2) is 0 Å². The van der Waals surface area contributed by atoms with Crippen molar-refractivity contribution >= 4 is 21.6 Å². The van der Waals surface area contributed by atoms with Crippen LogP contribution in [-0.4, -0.2) is 36.3 Å². The number of nitrogens with zero attached hydrogens (tertiary/aromatic N) is 2. The number of anilines is 1. The van der Waals surface area contributed by atoms with Crippen LogP contribution < -0.4 is 10.9 Å². The molecule has 1 aromatic heterocycles. The molecule has 1 saturated heterocycles. The van der Waals surface area contributed by atoms with Gasteiger partial charge < -0.3 is 9.88 Å². The van der Waals surface area contributed by atoms with Gasteiger partial charge in [-0.25, -0.2) is 8.42 Å². The van der Waals surface area contributed by atoms with E-state index in [9.17, 15) is 18.0 Å². The number of amides is 1. The number of hydrogen-bond acceptors (Lipinski definition) is 4. The Morgan fingerprint density at radius 1 is 1.10 bits per heavy atom. The van der Waals surface area contributed by atoms with Crippen LogP contribution in [0.3, 0.4) is 0 Å². The fourth-order valence-electron chi connectivity index (χ4n) is 3.35. The third kappa shape index (κ3) is 4.94. The number of carbonyl (C=O) groups is 1. The number of benzene rings is 1. The lowest BCUT2D eigenvalue weighted by molar-refractivity contribution is -0.116. The van der Waals surface area contributed by atoms with Crippen molar-refractivity contribution in [2.24, 2.45) is 0 Å². The summed E-state index contributed by atoms with van der Waals surface area (Å²) in [7, 11) is -3.65. The van der Waals surface area contributed by atoms with Crippen molar-refractivity contribution in [3.8, 4) is 0 Å². The average Bonchev–Trinajstić information content (AvgIpc) is 3.25. The standard InChI is InChI=1S/C21H27N3O4S/c1-3-16(2)17-6-8-18(9-7-17)22-20(25)15-23-14-19(10-11-21(23)26)29(27,28)24-12-4-5-13-24/h6-11,14,16H,3-5,12-13,15H2,1-2H3,(H,22,25)/t16-/m1/s1. The van der Waals surface area contributed by atoms with Crippen LogP contribution in [0.4, 0.5) is 5.69 Å². The maximum Gasteiger partial charge on any atom is 0.251 e. The number of nitrogens with one attached hydrogen (secondary N) is 1. The molecule has 1 aromatic carbocycles. The number of aromatic nitrogens is 1. The third-order valence-electron chi connectivity index (χ3n) is 5.35. The molecular weight excluding hydrogens is 390 g/mol. The lowest BCUT2D eigenvalue weighted by Gasteiger charge is -2.16. The summed E-state index contributed by atoms with van der Waals surface area (Å²) in [6.07, 6.45) is 3.95. The van der Waals surface area contributed by atoms with Crippen LogP contribution in [0.15, 0.2) is 52.3 Å². The van der Waals surface area contributed by atoms with Gasteiger partial charge in [-0.05, 0) is 48.9 Å². The van der Waals surface area contributed by atoms with Gasteiger partial charge in [-0.15, -0.1) is 0 Å². The van der Waals surface area contributed by atoms with Crippen molar-refractivity contribution in [2.75, 3.05) is 18.4 Å². The van der Waals surface area contributed by atoms with Gasteiger partial charge in [-0.3, -0.25) is 9.59 Å². The van der Waals surface area contributed by atoms with Crippen molar-refractivity contribution < 1.29 is 13.2 Å². The Hall–Kier alpha value is -2.45. The van der Waals surface area contributed by atoms with Crippen LogP contribution in [0.5, 0.6) is 0 Å². The second-order valence-corrected chi connectivity index (χ2v) is 9.36. The molecule has 8 heteroatoms. The highest BCUT2D eigenvalue weighted by Crippen LogP contribution is 2.21. The zero-order valence-corrected chi connectivity index (χ0v) is 17.6. The Labute approximate surface area is 171 Å². The smallest absolute Gasteiger partial charge is 0.251 e. The quantitative estimate of drug-likeness (QED) is 0.750. The van der Waals surface area contributed by atoms with Gasteiger partial charge in [0.05, 0.1) is 4.90 Å². The predicted molar refractivity (Wildman–Crippen MR) is 112 cm³/mol. The van der Waals surface area contributed by atoms with Crippen molar-refractivity contribution in [1.82, 2.24) is 8.87 Å². The van der Waals surface area contributed by atoms with Crippen LogP contribution in [0.1, 0.15) is 44.6 Å². The Morgan fingerprint density at radius 2 is 1.76 bits per heavy atom. The van der Waals surface area contributed by atoms with E-state index in [4.69, 9.17) is 0 Å². The number of sulfonamides is 1. The second kappa shape index (κ2) is 8.92. The normalized spacial score (nSPS) is 15.9. The highest BCUT2D eigenvalue weighted by atomic mass is 32.2. The van der Waals surface area contributed by atoms with Gasteiger partial charge in [0, 0.05) is 31.0 Å². The molecule has 1 aliphatic rings. The Morgan fingerprint density at radius 3 is 2.38 bits per heavy atom. The molecule has 1 aliphatic heterocycles. The van der Waals surface area contributed by atoms with E-state index in [1.54, 1.807) is 0 Å². The molecule has 156 valence electrons. The SMILES string of the molecule is CC[C@@H](C)c1ccc(NC(=O)Cn2cc(S(=O)(=O)N3CCCC3)ccc2=O)cc1. The molecule has 0 bridgehead atoms. The molecule has 1 atom stereocenters. The molecule has 1 fully saturated rings. The molecule has 7 nitrogen and oxygen atoms in total. The molecular formula is C21H27N3O4S. The lowest BCUT2D eigenvalue weighted by Crippen LogP contribution is -2.31. The van der Waals surface area contributed by atoms with Crippen LogP contribution >= 0.6 is 0 Å². The fraction of sp³-hybridized carbons (Fsp3) is 0.429. The van der Waals surface area contributed by atoms with Gasteiger partial charge in [-0.2, -0.15) is 4.31 Å². The first-order valence-corrected chi connectivity index (χ1v) is 11.4. The second-order valence-electron chi connectivity index (χ2n) is 7.42. The average molecular weight is 418 g/mol. The van der Waals surface area contributed by atoms with E-state index in [-0.39, 0.29) is 17.3 Å². The molecule has 0 unspecified atom stereocenters. The van der Waals surface area contributed by atoms with Crippen LogP contribution in [0.2, 0.25) is 0 Å². The zero-order valence-electron chi connectivity index (χ0n) is 16.8. The maximum atomic E-state index is 12.7. The summed E-state index contributed by atoms with van der Waals surface area (Å²) in [5.41, 5.74) is 1.41. The van der Waals surface area contributed by atoms with E-state index in [1.807, 2.05) is 24.3 Å². The lowest BCUT2D eigenvalue weighted by atomic mass is 9.99. The molecule has 3 rings (SSSR count). The first-order valence-electron chi connectivity index (χ1n) is 9.91. The third-order valence-corrected chi connectivity index (χ3v) is 7.23. The summed E-state index contributed by atoms with van der Waals surface area (Å²) in [6.45, 7) is 4.97. The molecule has 0 aliphatic carbocycles. The molecule has 29 heavy (non-hydrogen) atoms. The Balaban J connectivity index is 1.72. The predicted octanol–water partition coefficient (Wildman–Crippen LogP) is 2.79. The summed E-state index contributed by atoms with van der Waals surface area (Å²) in [4.78, 5) is 24.6. The van der Waals surface area contributed by atoms with Gasteiger partial charge in [0.1, 0.15) is 6.54 Å². The number of hydrogen-bond donors (Lipinski definition) is 1. The molecule has 0 spiro atoms. The molecule has 1 amide bonds. The molecule has 1 N–H and O–H groups in total. The summed E-state index contributed by atoms with van der Waals surface area (Å²) >= 11 is 0. The zero-order chi connectivity index (χ0) is 21.0. The van der Waals surface area contributed by atoms with Crippen LogP contribution in [0, 0.1) is 0 Å². The monoisotopic (exact) mass is 417 g/mol. The first-order chi connectivity index (χ1) is 13.8. The number of carbonyl (C=O) groups excluding carboxylic acids is 1. The minimum absolute atomic E-state index is 0.0321. The molecule has 2 heterocycles. The molecule has 2 aromatic rings. The van der Waals surface area contributed by atoms with E-state index in [0.29, 0.717) is 24.7 Å². The Bertz CT molecular complexity index is 1020. The maximum absolute atomic E-state index is 12.7. The fourth-order valence-corrected chi connectivity index (χ4v) is 4.89. The largest absolute Gasteiger partial charge is 0.325 e. The van der Waals surface area contributed by atoms with Gasteiger partial charge >= 0.3 is 0 Å². The van der Waals surface area contributed by atoms with Gasteiger partial charge in [0.25, 0.3) is 5.56 Å². The van der Waals surface area contributed by atoms with E-state index >= 15 is 0 Å². The summed E-state index contributed by atoms with van der Waals surface area (Å²) in [5, 5.41) is 2.76. The van der Waals surface area contributed by atoms with Crippen LogP contribution in [-0.2, 0) is 21.4 Å². The highest BCUT2D eigenvalue weighted by Gasteiger charge is 2.27. The van der Waals surface area contributed by atoms with E-state index in [2.05, 4.69) is 19.2 Å². The van der Waals surface area contributed by atoms with Crippen LogP contribution in [0.25, 0.3) is 0 Å². The minimum Gasteiger partial charge on any atom is -0.325 e. The van der Waals surface area contributed by atoms with Gasteiger partial charge in [0.2, 0.25) is 15.9 Å². The molecule has 0 saturated carbocycles. The van der Waals surface area contributed by atoms with Crippen molar-refractivity contribution in [1.29, 1.82) is 0 Å². The van der Waals surface area contributed by atoms with Crippen molar-refractivity contribution in [3.05, 3.63) is 58.5 Å². The first kappa shape index (κ1) is 21.3. The topological polar surface area (TPSA) is 88.5 Å². The van der Waals surface area contributed by atoms with Crippen molar-refractivity contribution in [3.63, 3.8) is 0 Å². The number of pyridine rings is 1. The van der Waals surface area contributed by atoms with E-state index in [0.717, 1.165) is 23.8 Å². The van der Waals surface area contributed by atoms with Crippen molar-refractivity contribution in [2.45, 2.75) is 50.5 Å². The summed E-state index contributed by atoms with van der Waals surface area (Å²) < 4.78 is 27.9. The number of rotatable bonds is 7. The van der Waals surface area contributed by atoms with E-state index in [1.165, 1.54) is 28.2 Å². The van der Waals surface area contributed by atoms with E-state index < -0.39 is 15.6 Å². The Kier molecular flexibility index (Phi) is 6.54. The summed E-state index contributed by atoms with van der Waals surface area (Å²) in [5.74, 6) is 0.0535. The summed E-state index contributed by atoms with van der Waals surface area (Å²) in [6, 6.07) is 10.1.